The largest absolute Gasteiger partial charge is 0.325 e. The SMILES string of the molecule is Cc1ccccc1NC(=O)C(C)Sc1cc(C)c2cc(S(=O)(=O)N3CCCCC3)ccc2n1. The molecule has 1 fully saturated rings. The monoisotopic (exact) mass is 483 g/mol. The van der Waals surface area contributed by atoms with Crippen molar-refractivity contribution in [3.63, 3.8) is 0 Å². The number of hydrogen-bond acceptors (Lipinski definition) is 5. The number of nitrogens with zero attached hydrogens (tertiary/aromatic N) is 2. The minimum absolute atomic E-state index is 0.0863. The number of carbonyl (C=O) groups excluding carboxylic acids is 1. The molecular weight excluding hydrogens is 454 g/mol. The van der Waals surface area contributed by atoms with Gasteiger partial charge in [-0.3, -0.25) is 4.79 Å². The molecule has 1 N–H and O–H groups in total. The Hall–Kier alpha value is -2.42. The minimum atomic E-state index is -3.50. The summed E-state index contributed by atoms with van der Waals surface area (Å²) < 4.78 is 27.7. The number of rotatable bonds is 6. The summed E-state index contributed by atoms with van der Waals surface area (Å²) in [5, 5.41) is 4.19. The summed E-state index contributed by atoms with van der Waals surface area (Å²) in [6, 6.07) is 14.7. The number of aromatic nitrogens is 1. The van der Waals surface area contributed by atoms with Crippen LogP contribution in [0.15, 0.2) is 58.5 Å². The first kappa shape index (κ1) is 23.7. The highest BCUT2D eigenvalue weighted by molar-refractivity contribution is 8.00. The van der Waals surface area contributed by atoms with Crippen molar-refractivity contribution in [2.24, 2.45) is 0 Å². The highest BCUT2D eigenvalue weighted by atomic mass is 32.2. The fraction of sp³-hybridized carbons (Fsp3) is 0.360. The van der Waals surface area contributed by atoms with Gasteiger partial charge in [-0.15, -0.1) is 0 Å². The summed E-state index contributed by atoms with van der Waals surface area (Å²) in [6.07, 6.45) is 2.89. The van der Waals surface area contributed by atoms with Crippen molar-refractivity contribution in [3.05, 3.63) is 59.7 Å². The first-order valence-electron chi connectivity index (χ1n) is 11.2. The van der Waals surface area contributed by atoms with E-state index in [9.17, 15) is 13.2 Å². The zero-order valence-electron chi connectivity index (χ0n) is 19.2. The number of amides is 1. The number of pyridine rings is 1. The quantitative estimate of drug-likeness (QED) is 0.491. The lowest BCUT2D eigenvalue weighted by Crippen LogP contribution is -2.35. The van der Waals surface area contributed by atoms with Crippen molar-refractivity contribution in [1.29, 1.82) is 0 Å². The molecule has 1 saturated heterocycles. The zero-order chi connectivity index (χ0) is 23.6. The third kappa shape index (κ3) is 5.23. The van der Waals surface area contributed by atoms with Gasteiger partial charge in [0.25, 0.3) is 0 Å². The Kier molecular flexibility index (Phi) is 7.07. The normalized spacial score (nSPS) is 16.0. The standard InChI is InChI=1S/C25H29N3O3S2/c1-17-9-5-6-10-22(17)27-25(29)19(3)32-24-15-18(2)21-16-20(11-12-23(21)26-24)33(30,31)28-13-7-4-8-14-28/h5-6,9-12,15-16,19H,4,7-8,13-14H2,1-3H3,(H,27,29). The zero-order valence-corrected chi connectivity index (χ0v) is 20.8. The summed E-state index contributed by atoms with van der Waals surface area (Å²) >= 11 is 1.39. The Balaban J connectivity index is 1.53. The number of fused-ring (bicyclic) bond motifs is 1. The molecule has 1 aromatic heterocycles. The van der Waals surface area contributed by atoms with Gasteiger partial charge in [-0.1, -0.05) is 36.4 Å². The molecular formula is C25H29N3O3S2. The molecule has 0 bridgehead atoms. The predicted octanol–water partition coefficient (Wildman–Crippen LogP) is 5.15. The predicted molar refractivity (Wildman–Crippen MR) is 134 cm³/mol. The van der Waals surface area contributed by atoms with E-state index in [1.165, 1.54) is 11.8 Å². The number of thioether (sulfide) groups is 1. The van der Waals surface area contributed by atoms with Crippen LogP contribution in [0.1, 0.15) is 37.3 Å². The van der Waals surface area contributed by atoms with Crippen LogP contribution in [-0.2, 0) is 14.8 Å². The van der Waals surface area contributed by atoms with Gasteiger partial charge in [0.2, 0.25) is 15.9 Å². The van der Waals surface area contributed by atoms with Gasteiger partial charge in [0, 0.05) is 24.2 Å². The lowest BCUT2D eigenvalue weighted by molar-refractivity contribution is -0.115. The molecule has 1 aliphatic heterocycles. The van der Waals surface area contributed by atoms with Crippen molar-refractivity contribution in [3.8, 4) is 0 Å². The van der Waals surface area contributed by atoms with Gasteiger partial charge >= 0.3 is 0 Å². The molecule has 1 unspecified atom stereocenters. The molecule has 1 amide bonds. The smallest absolute Gasteiger partial charge is 0.243 e. The van der Waals surface area contributed by atoms with Crippen LogP contribution < -0.4 is 5.32 Å². The second-order valence-corrected chi connectivity index (χ2v) is 11.8. The van der Waals surface area contributed by atoms with E-state index >= 15 is 0 Å². The summed E-state index contributed by atoms with van der Waals surface area (Å²) in [5.74, 6) is -0.0863. The second kappa shape index (κ2) is 9.83. The van der Waals surface area contributed by atoms with Crippen LogP contribution in [0, 0.1) is 13.8 Å². The number of nitrogens with one attached hydrogen (secondary N) is 1. The number of aryl methyl sites for hydroxylation is 2. The van der Waals surface area contributed by atoms with Gasteiger partial charge in [0.15, 0.2) is 0 Å². The Bertz CT molecular complexity index is 1290. The maximum Gasteiger partial charge on any atom is 0.243 e. The van der Waals surface area contributed by atoms with Crippen LogP contribution in [-0.4, -0.2) is 42.0 Å². The average molecular weight is 484 g/mol. The highest BCUT2D eigenvalue weighted by Gasteiger charge is 2.26. The number of benzene rings is 2. The first-order chi connectivity index (χ1) is 15.8. The van der Waals surface area contributed by atoms with E-state index in [1.54, 1.807) is 22.5 Å². The molecule has 33 heavy (non-hydrogen) atoms. The molecule has 0 saturated carbocycles. The van der Waals surface area contributed by atoms with Crippen LogP contribution in [0.25, 0.3) is 10.9 Å². The van der Waals surface area contributed by atoms with Gasteiger partial charge in [-0.05, 0) is 75.1 Å². The van der Waals surface area contributed by atoms with E-state index < -0.39 is 10.0 Å². The molecule has 0 radical (unpaired) electrons. The summed E-state index contributed by atoms with van der Waals surface area (Å²) in [7, 11) is -3.50. The Morgan fingerprint density at radius 1 is 1.03 bits per heavy atom. The molecule has 3 aromatic rings. The second-order valence-electron chi connectivity index (χ2n) is 8.49. The van der Waals surface area contributed by atoms with Gasteiger partial charge < -0.3 is 5.32 Å². The van der Waals surface area contributed by atoms with E-state index in [1.807, 2.05) is 51.1 Å². The third-order valence-corrected chi connectivity index (χ3v) is 8.90. The molecule has 1 atom stereocenters. The third-order valence-electron chi connectivity index (χ3n) is 5.99. The number of hydrogen-bond donors (Lipinski definition) is 1. The summed E-state index contributed by atoms with van der Waals surface area (Å²) in [6.45, 7) is 6.92. The molecule has 2 aromatic carbocycles. The molecule has 8 heteroatoms. The fourth-order valence-corrected chi connectivity index (χ4v) is 6.47. The Labute approximate surface area is 199 Å². The van der Waals surface area contributed by atoms with Gasteiger partial charge in [0.05, 0.1) is 20.7 Å². The molecule has 6 nitrogen and oxygen atoms in total. The molecule has 4 rings (SSSR count). The van der Waals surface area contributed by atoms with E-state index in [2.05, 4.69) is 5.32 Å². The van der Waals surface area contributed by atoms with Crippen LogP contribution >= 0.6 is 11.8 Å². The van der Waals surface area contributed by atoms with E-state index in [0.717, 1.165) is 52.0 Å². The Morgan fingerprint density at radius 3 is 2.48 bits per heavy atom. The fourth-order valence-electron chi connectivity index (χ4n) is 4.00. The van der Waals surface area contributed by atoms with E-state index in [4.69, 9.17) is 4.98 Å². The Morgan fingerprint density at radius 2 is 1.76 bits per heavy atom. The van der Waals surface area contributed by atoms with Gasteiger partial charge in [-0.25, -0.2) is 13.4 Å². The van der Waals surface area contributed by atoms with Crippen LogP contribution in [0.3, 0.4) is 0 Å². The molecule has 0 spiro atoms. The maximum atomic E-state index is 13.1. The van der Waals surface area contributed by atoms with Gasteiger partial charge in [0.1, 0.15) is 0 Å². The minimum Gasteiger partial charge on any atom is -0.325 e. The van der Waals surface area contributed by atoms with Crippen molar-refractivity contribution >= 4 is 44.3 Å². The first-order valence-corrected chi connectivity index (χ1v) is 13.5. The van der Waals surface area contributed by atoms with Crippen molar-refractivity contribution in [2.75, 3.05) is 18.4 Å². The molecule has 0 aliphatic carbocycles. The lowest BCUT2D eigenvalue weighted by Gasteiger charge is -2.26. The summed E-state index contributed by atoms with van der Waals surface area (Å²) in [4.78, 5) is 17.7. The van der Waals surface area contributed by atoms with Crippen molar-refractivity contribution in [1.82, 2.24) is 9.29 Å². The number of sulfonamides is 1. The number of carbonyl (C=O) groups is 1. The summed E-state index contributed by atoms with van der Waals surface area (Å²) in [5.41, 5.74) is 3.48. The van der Waals surface area contributed by atoms with Gasteiger partial charge in [-0.2, -0.15) is 4.31 Å². The average Bonchev–Trinajstić information content (AvgIpc) is 2.81. The van der Waals surface area contributed by atoms with E-state index in [0.29, 0.717) is 18.0 Å². The van der Waals surface area contributed by atoms with Crippen LogP contribution in [0.2, 0.25) is 0 Å². The van der Waals surface area contributed by atoms with Crippen LogP contribution in [0.5, 0.6) is 0 Å². The topological polar surface area (TPSA) is 79.4 Å². The number of para-hydroxylation sites is 1. The highest BCUT2D eigenvalue weighted by Crippen LogP contribution is 2.30. The molecule has 174 valence electrons. The maximum absolute atomic E-state index is 13.1. The van der Waals surface area contributed by atoms with Crippen molar-refractivity contribution in [2.45, 2.75) is 55.2 Å². The number of piperidine rings is 1. The molecule has 2 heterocycles. The van der Waals surface area contributed by atoms with Crippen molar-refractivity contribution < 1.29 is 13.2 Å². The van der Waals surface area contributed by atoms with E-state index in [-0.39, 0.29) is 11.2 Å². The van der Waals surface area contributed by atoms with Crippen LogP contribution in [0.4, 0.5) is 5.69 Å². The lowest BCUT2D eigenvalue weighted by atomic mass is 10.1. The molecule has 1 aliphatic rings. The number of anilines is 1.